The average molecular weight is 206 g/mol. The molecule has 82 valence electrons. The Morgan fingerprint density at radius 1 is 1.00 bits per heavy atom. The van der Waals surface area contributed by atoms with Gasteiger partial charge < -0.3 is 9.80 Å². The van der Waals surface area contributed by atoms with Crippen molar-refractivity contribution in [2.24, 2.45) is 0 Å². The highest BCUT2D eigenvalue weighted by Gasteiger charge is 2.17. The van der Waals surface area contributed by atoms with Gasteiger partial charge in [-0.1, -0.05) is 30.3 Å². The van der Waals surface area contributed by atoms with Crippen LogP contribution in [-0.4, -0.2) is 33.2 Å². The molecule has 2 rings (SSSR count). The molecule has 2 atom stereocenters. The van der Waals surface area contributed by atoms with E-state index < -0.39 is 0 Å². The minimum Gasteiger partial charge on any atom is -0.333 e. The third-order valence-electron chi connectivity index (χ3n) is 3.34. The Balaban J connectivity index is 1.89. The minimum absolute atomic E-state index is 1.20. The summed E-state index contributed by atoms with van der Waals surface area (Å²) in [5, 5.41) is 0. The molecule has 0 amide bonds. The van der Waals surface area contributed by atoms with Crippen molar-refractivity contribution in [3.63, 3.8) is 0 Å². The quantitative estimate of drug-likeness (QED) is 0.614. The van der Waals surface area contributed by atoms with Gasteiger partial charge in [0.05, 0.1) is 20.1 Å². The van der Waals surface area contributed by atoms with Crippen molar-refractivity contribution < 1.29 is 9.80 Å². The summed E-state index contributed by atoms with van der Waals surface area (Å²) in [5.41, 5.74) is 1.48. The van der Waals surface area contributed by atoms with Gasteiger partial charge >= 0.3 is 0 Å². The zero-order valence-electron chi connectivity index (χ0n) is 9.63. The zero-order chi connectivity index (χ0) is 10.5. The van der Waals surface area contributed by atoms with Gasteiger partial charge in [0.15, 0.2) is 0 Å². The van der Waals surface area contributed by atoms with E-state index in [1.54, 1.807) is 9.80 Å². The van der Waals surface area contributed by atoms with E-state index in [1.807, 2.05) is 0 Å². The van der Waals surface area contributed by atoms with E-state index in [0.717, 1.165) is 0 Å². The van der Waals surface area contributed by atoms with Crippen LogP contribution in [0.5, 0.6) is 0 Å². The molecular weight excluding hydrogens is 184 g/mol. The summed E-state index contributed by atoms with van der Waals surface area (Å²) in [4.78, 5) is 3.44. The van der Waals surface area contributed by atoms with Gasteiger partial charge in [-0.05, 0) is 0 Å². The second-order valence-corrected chi connectivity index (χ2v) is 4.72. The molecule has 0 aliphatic carbocycles. The van der Waals surface area contributed by atoms with E-state index in [-0.39, 0.29) is 0 Å². The highest BCUT2D eigenvalue weighted by molar-refractivity contribution is 5.13. The molecule has 0 radical (unpaired) electrons. The summed E-state index contributed by atoms with van der Waals surface area (Å²) in [6, 6.07) is 10.9. The van der Waals surface area contributed by atoms with Crippen LogP contribution >= 0.6 is 0 Å². The summed E-state index contributed by atoms with van der Waals surface area (Å²) < 4.78 is 0. The van der Waals surface area contributed by atoms with Crippen molar-refractivity contribution in [1.82, 2.24) is 0 Å². The summed E-state index contributed by atoms with van der Waals surface area (Å²) in [7, 11) is 2.31. The molecule has 0 bridgehead atoms. The first-order chi connectivity index (χ1) is 7.34. The Hall–Kier alpha value is -0.860. The first kappa shape index (κ1) is 10.7. The Labute approximate surface area is 92.5 Å². The number of rotatable bonds is 2. The van der Waals surface area contributed by atoms with Crippen molar-refractivity contribution in [3.05, 3.63) is 35.9 Å². The molecule has 1 aliphatic rings. The van der Waals surface area contributed by atoms with Crippen molar-refractivity contribution >= 4 is 0 Å². The van der Waals surface area contributed by atoms with E-state index in [4.69, 9.17) is 0 Å². The van der Waals surface area contributed by atoms with Crippen molar-refractivity contribution in [3.8, 4) is 0 Å². The van der Waals surface area contributed by atoms with E-state index in [9.17, 15) is 0 Å². The van der Waals surface area contributed by atoms with Crippen LogP contribution < -0.4 is 9.80 Å². The highest BCUT2D eigenvalue weighted by atomic mass is 15.2. The maximum Gasteiger partial charge on any atom is 0.127 e. The van der Waals surface area contributed by atoms with Crippen LogP contribution in [0.3, 0.4) is 0 Å². The van der Waals surface area contributed by atoms with Gasteiger partial charge in [-0.15, -0.1) is 0 Å². The van der Waals surface area contributed by atoms with E-state index in [0.29, 0.717) is 0 Å². The lowest BCUT2D eigenvalue weighted by Gasteiger charge is -2.16. The van der Waals surface area contributed by atoms with Crippen molar-refractivity contribution in [2.75, 3.05) is 33.2 Å². The third kappa shape index (κ3) is 3.33. The normalized spacial score (nSPS) is 27.3. The molecule has 1 heterocycles. The molecule has 2 unspecified atom stereocenters. The maximum atomic E-state index is 2.31. The fourth-order valence-corrected chi connectivity index (χ4v) is 2.34. The molecule has 0 aromatic heterocycles. The molecule has 15 heavy (non-hydrogen) atoms. The summed E-state index contributed by atoms with van der Waals surface area (Å²) in [5.74, 6) is 0. The van der Waals surface area contributed by atoms with Gasteiger partial charge in [-0.2, -0.15) is 0 Å². The van der Waals surface area contributed by atoms with Gasteiger partial charge in [0, 0.05) is 12.0 Å². The largest absolute Gasteiger partial charge is 0.333 e. The van der Waals surface area contributed by atoms with Crippen LogP contribution in [0.2, 0.25) is 0 Å². The zero-order valence-corrected chi connectivity index (χ0v) is 9.63. The molecule has 1 aliphatic heterocycles. The Bertz CT molecular complexity index is 284. The fourth-order valence-electron chi connectivity index (χ4n) is 2.34. The lowest BCUT2D eigenvalue weighted by atomic mass is 10.2. The third-order valence-corrected chi connectivity index (χ3v) is 3.34. The first-order valence-corrected chi connectivity index (χ1v) is 6.03. The molecule has 0 spiro atoms. The van der Waals surface area contributed by atoms with Crippen molar-refractivity contribution in [1.29, 1.82) is 0 Å². The van der Waals surface area contributed by atoms with Crippen LogP contribution in [0.4, 0.5) is 0 Å². The van der Waals surface area contributed by atoms with E-state index >= 15 is 0 Å². The van der Waals surface area contributed by atoms with Crippen LogP contribution in [-0.2, 0) is 6.54 Å². The van der Waals surface area contributed by atoms with Crippen molar-refractivity contribution in [2.45, 2.75) is 13.0 Å². The van der Waals surface area contributed by atoms with Crippen LogP contribution in [0.15, 0.2) is 30.3 Å². The SMILES string of the molecule is C[NH+]1CCC[NH+](Cc2ccccc2)CC1. The standard InChI is InChI=1S/C13H20N2/c1-14-8-5-9-15(11-10-14)12-13-6-3-2-4-7-13/h2-4,6-7H,5,8-12H2,1H3/p+2. The Morgan fingerprint density at radius 3 is 2.60 bits per heavy atom. The van der Waals surface area contributed by atoms with E-state index in [1.165, 1.54) is 44.7 Å². The average Bonchev–Trinajstić information content (AvgIpc) is 2.46. The van der Waals surface area contributed by atoms with Gasteiger partial charge in [0.1, 0.15) is 19.6 Å². The highest BCUT2D eigenvalue weighted by Crippen LogP contribution is 1.95. The van der Waals surface area contributed by atoms with Gasteiger partial charge in [-0.3, -0.25) is 0 Å². The topological polar surface area (TPSA) is 8.88 Å². The fraction of sp³-hybridized carbons (Fsp3) is 0.538. The molecule has 2 nitrogen and oxygen atoms in total. The predicted molar refractivity (Wildman–Crippen MR) is 62.1 cm³/mol. The summed E-state index contributed by atoms with van der Waals surface area (Å²) >= 11 is 0. The number of hydrogen-bond donors (Lipinski definition) is 2. The predicted octanol–water partition coefficient (Wildman–Crippen LogP) is -1.01. The number of nitrogens with one attached hydrogen (secondary N) is 2. The number of hydrogen-bond acceptors (Lipinski definition) is 0. The molecule has 1 fully saturated rings. The summed E-state index contributed by atoms with van der Waals surface area (Å²) in [6.45, 7) is 6.53. The van der Waals surface area contributed by atoms with Crippen LogP contribution in [0, 0.1) is 0 Å². The summed E-state index contributed by atoms with van der Waals surface area (Å²) in [6.07, 6.45) is 1.37. The molecule has 2 heteroatoms. The second kappa shape index (κ2) is 5.29. The first-order valence-electron chi connectivity index (χ1n) is 6.03. The molecule has 1 aromatic rings. The molecule has 1 saturated heterocycles. The second-order valence-electron chi connectivity index (χ2n) is 4.72. The number of benzene rings is 1. The Kier molecular flexibility index (Phi) is 3.75. The minimum atomic E-state index is 1.20. The van der Waals surface area contributed by atoms with Crippen LogP contribution in [0.1, 0.15) is 12.0 Å². The van der Waals surface area contributed by atoms with Gasteiger partial charge in [0.25, 0.3) is 0 Å². The number of likely N-dealkylation sites (N-methyl/N-ethyl adjacent to an activating group) is 1. The van der Waals surface area contributed by atoms with Gasteiger partial charge in [-0.25, -0.2) is 0 Å². The lowest BCUT2D eigenvalue weighted by molar-refractivity contribution is -0.938. The lowest BCUT2D eigenvalue weighted by Crippen LogP contribution is -3.15. The smallest absolute Gasteiger partial charge is 0.127 e. The molecule has 2 N–H and O–H groups in total. The van der Waals surface area contributed by atoms with E-state index in [2.05, 4.69) is 37.4 Å². The molecule has 0 saturated carbocycles. The molecule has 1 aromatic carbocycles. The van der Waals surface area contributed by atoms with Crippen LogP contribution in [0.25, 0.3) is 0 Å². The Morgan fingerprint density at radius 2 is 1.80 bits per heavy atom. The molecular formula is C13H22N2+2. The van der Waals surface area contributed by atoms with Gasteiger partial charge in [0.2, 0.25) is 0 Å². The monoisotopic (exact) mass is 206 g/mol. The maximum absolute atomic E-state index is 2.31. The number of quaternary nitrogens is 2.